The fourth-order valence-electron chi connectivity index (χ4n) is 4.86. The molecule has 0 fully saturated rings. The first-order valence-electron chi connectivity index (χ1n) is 16.0. The number of carboxylic acids is 1. The number of hydrogen-bond acceptors (Lipinski definition) is 4. The molecule has 0 rings (SSSR count). The number of carboxylic acid groups (broad SMARTS) is 1. The number of rotatable bonds is 30. The van der Waals surface area contributed by atoms with Gasteiger partial charge in [-0.05, 0) is 25.7 Å². The van der Waals surface area contributed by atoms with Crippen molar-refractivity contribution in [3.63, 3.8) is 0 Å². The average molecular weight is 510 g/mol. The summed E-state index contributed by atoms with van der Waals surface area (Å²) in [5, 5.41) is 10.3. The Balaban J connectivity index is 3.15. The predicted molar refractivity (Wildman–Crippen MR) is 151 cm³/mol. The van der Waals surface area contributed by atoms with Crippen molar-refractivity contribution < 1.29 is 19.4 Å². The predicted octanol–water partition coefficient (Wildman–Crippen LogP) is 9.22. The van der Waals surface area contributed by atoms with Gasteiger partial charge in [-0.15, -0.1) is 0 Å². The molecule has 0 saturated heterocycles. The molecule has 0 saturated carbocycles. The first-order chi connectivity index (χ1) is 17.7. The van der Waals surface area contributed by atoms with Crippen LogP contribution in [-0.4, -0.2) is 18.5 Å². The molecule has 4 heteroatoms. The molecule has 0 aromatic heterocycles. The molecule has 0 spiro atoms. The van der Waals surface area contributed by atoms with Crippen LogP contribution in [0.15, 0.2) is 0 Å². The number of unbranched alkanes of at least 4 members (excludes halogenated alkanes) is 24. The van der Waals surface area contributed by atoms with Crippen molar-refractivity contribution in [3.8, 4) is 0 Å². The van der Waals surface area contributed by atoms with Crippen molar-refractivity contribution in [2.75, 3.05) is 6.61 Å². The molecular weight excluding hydrogens is 448 g/mol. The first kappa shape index (κ1) is 34.9. The van der Waals surface area contributed by atoms with Gasteiger partial charge in [-0.25, -0.2) is 0 Å². The minimum absolute atomic E-state index is 0.00281. The SMILES string of the molecule is CCCCCCCCCCCCCCCC(=O)OCCCCCCCCCCCCCCCC(=O)[O-]. The Hall–Kier alpha value is -1.06. The van der Waals surface area contributed by atoms with Crippen molar-refractivity contribution in [3.05, 3.63) is 0 Å². The number of ether oxygens (including phenoxy) is 1. The van der Waals surface area contributed by atoms with Crippen LogP contribution in [-0.2, 0) is 14.3 Å². The van der Waals surface area contributed by atoms with Crippen LogP contribution in [0, 0.1) is 0 Å². The number of carbonyl (C=O) groups is 2. The van der Waals surface area contributed by atoms with Crippen molar-refractivity contribution in [2.24, 2.45) is 0 Å². The molecule has 0 aromatic carbocycles. The molecule has 0 heterocycles. The van der Waals surface area contributed by atoms with Gasteiger partial charge in [0, 0.05) is 12.4 Å². The van der Waals surface area contributed by atoms with Crippen LogP contribution in [0.2, 0.25) is 0 Å². The fraction of sp³-hybridized carbons (Fsp3) is 0.938. The highest BCUT2D eigenvalue weighted by Crippen LogP contribution is 2.14. The van der Waals surface area contributed by atoms with E-state index in [1.807, 2.05) is 0 Å². The summed E-state index contributed by atoms with van der Waals surface area (Å²) in [4.78, 5) is 22.2. The van der Waals surface area contributed by atoms with Gasteiger partial charge in [-0.3, -0.25) is 4.79 Å². The lowest BCUT2D eigenvalue weighted by molar-refractivity contribution is -0.305. The second kappa shape index (κ2) is 30.2. The van der Waals surface area contributed by atoms with E-state index >= 15 is 0 Å². The summed E-state index contributed by atoms with van der Waals surface area (Å²) in [5.41, 5.74) is 0. The zero-order valence-corrected chi connectivity index (χ0v) is 24.1. The summed E-state index contributed by atoms with van der Waals surface area (Å²) < 4.78 is 5.40. The summed E-state index contributed by atoms with van der Waals surface area (Å²) >= 11 is 0. The Kier molecular flexibility index (Phi) is 29.3. The van der Waals surface area contributed by atoms with Crippen molar-refractivity contribution in [1.82, 2.24) is 0 Å². The van der Waals surface area contributed by atoms with Gasteiger partial charge in [0.05, 0.1) is 6.61 Å². The molecular formula is C32H61O4-. The van der Waals surface area contributed by atoms with Crippen LogP contribution in [0.1, 0.15) is 187 Å². The lowest BCUT2D eigenvalue weighted by Gasteiger charge is -2.06. The molecule has 0 amide bonds. The summed E-state index contributed by atoms with van der Waals surface area (Å²) in [5.74, 6) is -0.923. The maximum absolute atomic E-state index is 11.9. The summed E-state index contributed by atoms with van der Waals surface area (Å²) in [6.45, 7) is 2.87. The van der Waals surface area contributed by atoms with E-state index in [1.165, 1.54) is 122 Å². The summed E-state index contributed by atoms with van der Waals surface area (Å²) in [6.07, 6.45) is 33.5. The zero-order valence-electron chi connectivity index (χ0n) is 24.1. The molecule has 0 atom stereocenters. The molecule has 36 heavy (non-hydrogen) atoms. The minimum Gasteiger partial charge on any atom is -0.550 e. The Morgan fingerprint density at radius 1 is 0.444 bits per heavy atom. The third-order valence-corrected chi connectivity index (χ3v) is 7.27. The normalized spacial score (nSPS) is 11.1. The van der Waals surface area contributed by atoms with Crippen LogP contribution in [0.3, 0.4) is 0 Å². The van der Waals surface area contributed by atoms with Gasteiger partial charge < -0.3 is 14.6 Å². The highest BCUT2D eigenvalue weighted by molar-refractivity contribution is 5.69. The standard InChI is InChI=1S/C32H62O4/c1-2-3-4-5-6-7-8-10-14-17-20-23-26-29-32(35)36-30-27-24-21-18-15-12-9-11-13-16-19-22-25-28-31(33)34/h2-30H2,1H3,(H,33,34)/p-1. The van der Waals surface area contributed by atoms with Crippen LogP contribution >= 0.6 is 0 Å². The highest BCUT2D eigenvalue weighted by Gasteiger charge is 2.02. The molecule has 0 unspecified atom stereocenters. The second-order valence-electron chi connectivity index (χ2n) is 10.9. The van der Waals surface area contributed by atoms with Crippen LogP contribution in [0.4, 0.5) is 0 Å². The topological polar surface area (TPSA) is 66.4 Å². The fourth-order valence-corrected chi connectivity index (χ4v) is 4.86. The van der Waals surface area contributed by atoms with Gasteiger partial charge in [0.25, 0.3) is 0 Å². The van der Waals surface area contributed by atoms with Gasteiger partial charge >= 0.3 is 5.97 Å². The number of esters is 1. The molecule has 0 N–H and O–H groups in total. The Labute approximate surface area is 224 Å². The molecule has 0 aliphatic rings. The first-order valence-corrected chi connectivity index (χ1v) is 16.0. The monoisotopic (exact) mass is 509 g/mol. The van der Waals surface area contributed by atoms with Crippen LogP contribution in [0.25, 0.3) is 0 Å². The van der Waals surface area contributed by atoms with E-state index in [0.717, 1.165) is 44.9 Å². The molecule has 214 valence electrons. The van der Waals surface area contributed by atoms with Crippen molar-refractivity contribution >= 4 is 11.9 Å². The minimum atomic E-state index is -0.920. The van der Waals surface area contributed by atoms with Gasteiger partial charge in [0.1, 0.15) is 0 Å². The molecule has 0 aliphatic heterocycles. The van der Waals surface area contributed by atoms with E-state index in [-0.39, 0.29) is 12.4 Å². The Morgan fingerprint density at radius 2 is 0.750 bits per heavy atom. The van der Waals surface area contributed by atoms with E-state index in [2.05, 4.69) is 6.92 Å². The number of carbonyl (C=O) groups excluding carboxylic acids is 2. The van der Waals surface area contributed by atoms with Crippen LogP contribution in [0.5, 0.6) is 0 Å². The van der Waals surface area contributed by atoms with E-state index in [1.54, 1.807) is 0 Å². The third kappa shape index (κ3) is 31.0. The van der Waals surface area contributed by atoms with Gasteiger partial charge in [-0.1, -0.05) is 155 Å². The lowest BCUT2D eigenvalue weighted by Crippen LogP contribution is -2.21. The quantitative estimate of drug-likeness (QED) is 0.0714. The Bertz CT molecular complexity index is 463. The maximum atomic E-state index is 11.9. The smallest absolute Gasteiger partial charge is 0.305 e. The van der Waals surface area contributed by atoms with E-state index in [9.17, 15) is 14.7 Å². The second-order valence-corrected chi connectivity index (χ2v) is 10.9. The van der Waals surface area contributed by atoms with Crippen molar-refractivity contribution in [2.45, 2.75) is 187 Å². The Morgan fingerprint density at radius 3 is 1.11 bits per heavy atom. The molecule has 0 bridgehead atoms. The summed E-state index contributed by atoms with van der Waals surface area (Å²) in [7, 11) is 0. The average Bonchev–Trinajstić information content (AvgIpc) is 2.86. The van der Waals surface area contributed by atoms with E-state index < -0.39 is 5.97 Å². The number of hydrogen-bond donors (Lipinski definition) is 0. The highest BCUT2D eigenvalue weighted by atomic mass is 16.5. The van der Waals surface area contributed by atoms with Gasteiger partial charge in [0.2, 0.25) is 0 Å². The zero-order chi connectivity index (χ0) is 26.4. The lowest BCUT2D eigenvalue weighted by atomic mass is 10.0. The molecule has 4 nitrogen and oxygen atoms in total. The largest absolute Gasteiger partial charge is 0.550 e. The van der Waals surface area contributed by atoms with Crippen molar-refractivity contribution in [1.29, 1.82) is 0 Å². The van der Waals surface area contributed by atoms with E-state index in [4.69, 9.17) is 4.74 Å². The van der Waals surface area contributed by atoms with Gasteiger partial charge in [-0.2, -0.15) is 0 Å². The molecule has 0 aromatic rings. The molecule has 0 aliphatic carbocycles. The van der Waals surface area contributed by atoms with Crippen LogP contribution < -0.4 is 5.11 Å². The summed E-state index contributed by atoms with van der Waals surface area (Å²) in [6, 6.07) is 0. The van der Waals surface area contributed by atoms with Gasteiger partial charge in [0.15, 0.2) is 0 Å². The molecule has 0 radical (unpaired) electrons. The third-order valence-electron chi connectivity index (χ3n) is 7.27. The van der Waals surface area contributed by atoms with E-state index in [0.29, 0.717) is 13.0 Å². The number of aliphatic carboxylic acids is 1. The maximum Gasteiger partial charge on any atom is 0.305 e.